The normalized spacial score (nSPS) is 11.5. The topological polar surface area (TPSA) is 67.9 Å². The number of nitrogens with zero attached hydrogens (tertiary/aromatic N) is 1. The maximum atomic E-state index is 14.2. The van der Waals surface area contributed by atoms with E-state index in [1.807, 2.05) is 19.1 Å². The molecule has 1 N–H and O–H groups in total. The van der Waals surface area contributed by atoms with Crippen LogP contribution in [0.3, 0.4) is 0 Å². The molecule has 1 unspecified atom stereocenters. The minimum Gasteiger partial charge on any atom is -0.493 e. The van der Waals surface area contributed by atoms with Crippen LogP contribution in [0.25, 0.3) is 0 Å². The number of halogens is 1. The molecule has 0 aromatic heterocycles. The smallest absolute Gasteiger partial charge is 0.242 e. The monoisotopic (exact) mass is 430 g/mol. The molecule has 0 bridgehead atoms. The number of aryl methyl sites for hydroxylation is 1. The number of hydrogen-bond acceptors (Lipinski definition) is 4. The highest BCUT2D eigenvalue weighted by Crippen LogP contribution is 2.28. The lowest BCUT2D eigenvalue weighted by Crippen LogP contribution is -2.47. The van der Waals surface area contributed by atoms with Crippen molar-refractivity contribution in [2.45, 2.75) is 45.7 Å². The number of benzene rings is 2. The molecule has 0 saturated heterocycles. The Morgan fingerprint density at radius 1 is 1.10 bits per heavy atom. The number of methoxy groups -OCH3 is 2. The Labute approximate surface area is 183 Å². The molecule has 0 radical (unpaired) electrons. The van der Waals surface area contributed by atoms with E-state index in [4.69, 9.17) is 9.47 Å². The molecule has 7 heteroatoms. The van der Waals surface area contributed by atoms with Crippen molar-refractivity contribution < 1.29 is 23.5 Å². The van der Waals surface area contributed by atoms with E-state index in [1.54, 1.807) is 45.4 Å². The van der Waals surface area contributed by atoms with Crippen molar-refractivity contribution in [2.75, 3.05) is 20.8 Å². The Hall–Kier alpha value is -3.09. The molecule has 2 aromatic carbocycles. The van der Waals surface area contributed by atoms with Gasteiger partial charge < -0.3 is 19.7 Å². The molecule has 6 nitrogen and oxygen atoms in total. The van der Waals surface area contributed by atoms with Gasteiger partial charge in [0.2, 0.25) is 11.8 Å². The summed E-state index contributed by atoms with van der Waals surface area (Å²) in [5.41, 5.74) is 1.28. The molecule has 2 amide bonds. The van der Waals surface area contributed by atoms with Crippen LogP contribution < -0.4 is 14.8 Å². The van der Waals surface area contributed by atoms with E-state index in [9.17, 15) is 14.0 Å². The minimum absolute atomic E-state index is 0.0259. The summed E-state index contributed by atoms with van der Waals surface area (Å²) in [7, 11) is 3.12. The highest BCUT2D eigenvalue weighted by Gasteiger charge is 2.26. The average molecular weight is 431 g/mol. The summed E-state index contributed by atoms with van der Waals surface area (Å²) in [6, 6.07) is 11.0. The lowest BCUT2D eigenvalue weighted by atomic mass is 10.1. The lowest BCUT2D eigenvalue weighted by Gasteiger charge is -2.29. The fourth-order valence-electron chi connectivity index (χ4n) is 3.22. The number of hydrogen-bond donors (Lipinski definition) is 1. The van der Waals surface area contributed by atoms with Gasteiger partial charge in [-0.2, -0.15) is 0 Å². The van der Waals surface area contributed by atoms with Crippen LogP contribution in [0.1, 0.15) is 37.8 Å². The molecule has 0 fully saturated rings. The fraction of sp³-hybridized carbons (Fsp3) is 0.417. The van der Waals surface area contributed by atoms with Gasteiger partial charge in [0, 0.05) is 25.1 Å². The first-order valence-corrected chi connectivity index (χ1v) is 10.4. The summed E-state index contributed by atoms with van der Waals surface area (Å²) in [5.74, 6) is 0.319. The highest BCUT2D eigenvalue weighted by molar-refractivity contribution is 5.87. The Balaban J connectivity index is 2.17. The van der Waals surface area contributed by atoms with Crippen molar-refractivity contribution in [2.24, 2.45) is 0 Å². The van der Waals surface area contributed by atoms with Crippen LogP contribution in [0.2, 0.25) is 0 Å². The molecule has 0 aliphatic heterocycles. The molecule has 2 aromatic rings. The largest absolute Gasteiger partial charge is 0.493 e. The van der Waals surface area contributed by atoms with Crippen LogP contribution in [0.4, 0.5) is 4.39 Å². The predicted octanol–water partition coefficient (Wildman–Crippen LogP) is 3.72. The number of carbonyl (C=O) groups is 2. The standard InChI is InChI=1S/C24H31FN2O4/c1-5-14-26-24(29)17(2)27(16-19-8-6-7-9-20(19)25)23(28)13-11-18-10-12-21(30-3)22(15-18)31-4/h6-10,12,15,17H,5,11,13-14,16H2,1-4H3,(H,26,29). The summed E-state index contributed by atoms with van der Waals surface area (Å²) >= 11 is 0. The third kappa shape index (κ3) is 6.70. The van der Waals surface area contributed by atoms with E-state index in [0.717, 1.165) is 12.0 Å². The Morgan fingerprint density at radius 3 is 2.45 bits per heavy atom. The van der Waals surface area contributed by atoms with Gasteiger partial charge in [0.05, 0.1) is 14.2 Å². The van der Waals surface area contributed by atoms with E-state index < -0.39 is 11.9 Å². The van der Waals surface area contributed by atoms with Crippen LogP contribution in [-0.4, -0.2) is 43.5 Å². The van der Waals surface area contributed by atoms with Gasteiger partial charge >= 0.3 is 0 Å². The van der Waals surface area contributed by atoms with Crippen LogP contribution >= 0.6 is 0 Å². The predicted molar refractivity (Wildman–Crippen MR) is 118 cm³/mol. The van der Waals surface area contributed by atoms with Crippen molar-refractivity contribution >= 4 is 11.8 Å². The van der Waals surface area contributed by atoms with Gasteiger partial charge in [0.15, 0.2) is 11.5 Å². The molecule has 168 valence electrons. The van der Waals surface area contributed by atoms with Gasteiger partial charge in [0.25, 0.3) is 0 Å². The van der Waals surface area contributed by atoms with Gasteiger partial charge in [0.1, 0.15) is 11.9 Å². The Morgan fingerprint density at radius 2 is 1.81 bits per heavy atom. The lowest BCUT2D eigenvalue weighted by molar-refractivity contribution is -0.140. The van der Waals surface area contributed by atoms with Gasteiger partial charge in [-0.05, 0) is 43.5 Å². The van der Waals surface area contributed by atoms with E-state index in [1.165, 1.54) is 11.0 Å². The minimum atomic E-state index is -0.718. The molecule has 0 aliphatic rings. The van der Waals surface area contributed by atoms with Crippen molar-refractivity contribution in [3.8, 4) is 11.5 Å². The van der Waals surface area contributed by atoms with Crippen LogP contribution in [-0.2, 0) is 22.6 Å². The number of rotatable bonds is 11. The molecular weight excluding hydrogens is 399 g/mol. The average Bonchev–Trinajstić information content (AvgIpc) is 2.79. The summed E-state index contributed by atoms with van der Waals surface area (Å²) in [6.07, 6.45) is 1.42. The molecule has 1 atom stereocenters. The van der Waals surface area contributed by atoms with Crippen LogP contribution in [0.5, 0.6) is 11.5 Å². The molecule has 31 heavy (non-hydrogen) atoms. The van der Waals surface area contributed by atoms with Gasteiger partial charge in [-0.15, -0.1) is 0 Å². The van der Waals surface area contributed by atoms with E-state index in [-0.39, 0.29) is 24.8 Å². The third-order valence-corrected chi connectivity index (χ3v) is 5.09. The molecule has 2 rings (SSSR count). The van der Waals surface area contributed by atoms with Crippen molar-refractivity contribution in [3.05, 3.63) is 59.4 Å². The second kappa shape index (κ2) is 11.9. The quantitative estimate of drug-likeness (QED) is 0.590. The molecule has 0 spiro atoms. The number of nitrogens with one attached hydrogen (secondary N) is 1. The third-order valence-electron chi connectivity index (χ3n) is 5.09. The second-order valence-corrected chi connectivity index (χ2v) is 7.27. The first-order chi connectivity index (χ1) is 14.9. The highest BCUT2D eigenvalue weighted by atomic mass is 19.1. The van der Waals surface area contributed by atoms with Gasteiger partial charge in [-0.1, -0.05) is 31.2 Å². The number of carbonyl (C=O) groups excluding carboxylic acids is 2. The van der Waals surface area contributed by atoms with Gasteiger partial charge in [-0.25, -0.2) is 4.39 Å². The Kier molecular flexibility index (Phi) is 9.31. The number of amides is 2. The van der Waals surface area contributed by atoms with Gasteiger partial charge in [-0.3, -0.25) is 9.59 Å². The summed E-state index contributed by atoms with van der Waals surface area (Å²) in [5, 5.41) is 2.81. The first-order valence-electron chi connectivity index (χ1n) is 10.4. The van der Waals surface area contributed by atoms with E-state index in [0.29, 0.717) is 30.0 Å². The summed E-state index contributed by atoms with van der Waals surface area (Å²) in [4.78, 5) is 27.1. The molecular formula is C24H31FN2O4. The maximum absolute atomic E-state index is 14.2. The van der Waals surface area contributed by atoms with E-state index in [2.05, 4.69) is 5.32 Å². The van der Waals surface area contributed by atoms with Crippen molar-refractivity contribution in [1.82, 2.24) is 10.2 Å². The number of ether oxygens (including phenoxy) is 2. The second-order valence-electron chi connectivity index (χ2n) is 7.27. The van der Waals surface area contributed by atoms with Crippen molar-refractivity contribution in [1.29, 1.82) is 0 Å². The zero-order chi connectivity index (χ0) is 22.8. The Bertz CT molecular complexity index is 888. The maximum Gasteiger partial charge on any atom is 0.242 e. The SMILES string of the molecule is CCCNC(=O)C(C)N(Cc1ccccc1F)C(=O)CCc1ccc(OC)c(OC)c1. The van der Waals surface area contributed by atoms with Crippen LogP contribution in [0, 0.1) is 5.82 Å². The molecule has 0 saturated carbocycles. The summed E-state index contributed by atoms with van der Waals surface area (Å²) in [6.45, 7) is 4.17. The molecule has 0 aliphatic carbocycles. The van der Waals surface area contributed by atoms with Crippen LogP contribution in [0.15, 0.2) is 42.5 Å². The zero-order valence-electron chi connectivity index (χ0n) is 18.6. The fourth-order valence-corrected chi connectivity index (χ4v) is 3.22. The van der Waals surface area contributed by atoms with E-state index >= 15 is 0 Å². The molecule has 0 heterocycles. The summed E-state index contributed by atoms with van der Waals surface area (Å²) < 4.78 is 24.8. The first kappa shape index (κ1) is 24.2. The zero-order valence-corrected chi connectivity index (χ0v) is 18.6. The van der Waals surface area contributed by atoms with Crippen molar-refractivity contribution in [3.63, 3.8) is 0 Å².